The van der Waals surface area contributed by atoms with Crippen LogP contribution in [0.3, 0.4) is 0 Å². The van der Waals surface area contributed by atoms with Crippen molar-refractivity contribution < 1.29 is 14.4 Å². The topological polar surface area (TPSA) is 78.5 Å². The predicted molar refractivity (Wildman–Crippen MR) is 98.9 cm³/mol. The van der Waals surface area contributed by atoms with Crippen LogP contribution in [0.4, 0.5) is 0 Å². The second-order valence-corrected chi connectivity index (χ2v) is 7.10. The third kappa shape index (κ3) is 4.49. The van der Waals surface area contributed by atoms with Crippen LogP contribution in [-0.2, 0) is 4.79 Å². The Morgan fingerprint density at radius 3 is 2.38 bits per heavy atom. The highest BCUT2D eigenvalue weighted by Gasteiger charge is 2.34. The number of fused-ring (bicyclic) bond motifs is 1. The van der Waals surface area contributed by atoms with Gasteiger partial charge in [-0.05, 0) is 63.2 Å². The Kier molecular flexibility index (Phi) is 6.39. The molecule has 140 valence electrons. The number of carbonyl (C=O) groups excluding carboxylic acids is 3. The molecule has 2 aliphatic heterocycles. The first-order valence-corrected chi connectivity index (χ1v) is 9.59. The van der Waals surface area contributed by atoms with Crippen molar-refractivity contribution in [3.8, 4) is 0 Å². The number of imide groups is 1. The summed E-state index contributed by atoms with van der Waals surface area (Å²) in [6, 6.07) is 6.93. The number of nitrogens with one attached hydrogen (secondary N) is 2. The molecule has 0 aromatic heterocycles. The van der Waals surface area contributed by atoms with E-state index in [-0.39, 0.29) is 17.7 Å². The zero-order valence-electron chi connectivity index (χ0n) is 15.1. The summed E-state index contributed by atoms with van der Waals surface area (Å²) in [6.07, 6.45) is 5.32. The van der Waals surface area contributed by atoms with Gasteiger partial charge < -0.3 is 10.6 Å². The summed E-state index contributed by atoms with van der Waals surface area (Å²) in [6.45, 7) is 3.11. The monoisotopic (exact) mass is 357 g/mol. The smallest absolute Gasteiger partial charge is 0.261 e. The molecule has 2 heterocycles. The number of piperidine rings is 1. The Morgan fingerprint density at radius 2 is 1.73 bits per heavy atom. The molecule has 0 atom stereocenters. The van der Waals surface area contributed by atoms with Crippen molar-refractivity contribution >= 4 is 17.7 Å². The van der Waals surface area contributed by atoms with Gasteiger partial charge in [-0.1, -0.05) is 12.1 Å². The molecular formula is C20H27N3O3. The number of nitrogens with zero attached hydrogens (tertiary/aromatic N) is 1. The predicted octanol–water partition coefficient (Wildman–Crippen LogP) is 1.96. The maximum absolute atomic E-state index is 12.2. The molecule has 2 aliphatic rings. The average Bonchev–Trinajstić information content (AvgIpc) is 2.92. The molecule has 1 aromatic rings. The number of rotatable bonds is 8. The van der Waals surface area contributed by atoms with Gasteiger partial charge >= 0.3 is 0 Å². The van der Waals surface area contributed by atoms with Crippen molar-refractivity contribution in [3.05, 3.63) is 35.4 Å². The molecule has 0 aliphatic carbocycles. The van der Waals surface area contributed by atoms with Crippen LogP contribution in [0.1, 0.15) is 59.2 Å². The molecule has 26 heavy (non-hydrogen) atoms. The highest BCUT2D eigenvalue weighted by Crippen LogP contribution is 2.22. The van der Waals surface area contributed by atoms with E-state index in [0.29, 0.717) is 43.0 Å². The van der Waals surface area contributed by atoms with Crippen LogP contribution in [0, 0.1) is 5.92 Å². The number of amides is 3. The number of benzene rings is 1. The Labute approximate surface area is 154 Å². The summed E-state index contributed by atoms with van der Waals surface area (Å²) in [4.78, 5) is 37.7. The molecule has 1 saturated heterocycles. The van der Waals surface area contributed by atoms with E-state index in [1.54, 1.807) is 24.3 Å². The van der Waals surface area contributed by atoms with E-state index in [2.05, 4.69) is 10.6 Å². The van der Waals surface area contributed by atoms with E-state index in [9.17, 15) is 14.4 Å². The maximum atomic E-state index is 12.2. The number of hydrogen-bond acceptors (Lipinski definition) is 4. The molecular weight excluding hydrogens is 330 g/mol. The number of hydrogen-bond donors (Lipinski definition) is 2. The second kappa shape index (κ2) is 8.94. The van der Waals surface area contributed by atoms with Gasteiger partial charge in [0, 0.05) is 19.5 Å². The summed E-state index contributed by atoms with van der Waals surface area (Å²) < 4.78 is 0. The van der Waals surface area contributed by atoms with E-state index < -0.39 is 0 Å². The lowest BCUT2D eigenvalue weighted by Crippen LogP contribution is -2.32. The minimum absolute atomic E-state index is 0.101. The van der Waals surface area contributed by atoms with Gasteiger partial charge in [-0.25, -0.2) is 0 Å². The zero-order chi connectivity index (χ0) is 18.4. The Bertz CT molecular complexity index is 633. The molecule has 0 unspecified atom stereocenters. The van der Waals surface area contributed by atoms with Gasteiger partial charge in [-0.3, -0.25) is 19.3 Å². The molecule has 1 aromatic carbocycles. The molecule has 6 nitrogen and oxygen atoms in total. The summed E-state index contributed by atoms with van der Waals surface area (Å²) in [7, 11) is 0. The third-order valence-electron chi connectivity index (χ3n) is 5.25. The lowest BCUT2D eigenvalue weighted by molar-refractivity contribution is -0.121. The molecule has 0 bridgehead atoms. The molecule has 0 spiro atoms. The molecule has 2 N–H and O–H groups in total. The Hall–Kier alpha value is -2.21. The molecule has 3 rings (SSSR count). The van der Waals surface area contributed by atoms with Crippen molar-refractivity contribution in [1.82, 2.24) is 15.5 Å². The molecule has 0 saturated carbocycles. The minimum Gasteiger partial charge on any atom is -0.356 e. The SMILES string of the molecule is O=C(CCC1CCNCC1)NCCCCN1C(=O)c2ccccc2C1=O. The fourth-order valence-electron chi connectivity index (χ4n) is 3.66. The fraction of sp³-hybridized carbons (Fsp3) is 0.550. The first-order chi connectivity index (χ1) is 12.7. The third-order valence-corrected chi connectivity index (χ3v) is 5.25. The van der Waals surface area contributed by atoms with Crippen LogP contribution in [0.2, 0.25) is 0 Å². The second-order valence-electron chi connectivity index (χ2n) is 7.10. The van der Waals surface area contributed by atoms with Gasteiger partial charge in [0.2, 0.25) is 5.91 Å². The lowest BCUT2D eigenvalue weighted by Gasteiger charge is -2.22. The Balaban J connectivity index is 1.30. The highest BCUT2D eigenvalue weighted by atomic mass is 16.2. The average molecular weight is 357 g/mol. The van der Waals surface area contributed by atoms with E-state index in [1.807, 2.05) is 0 Å². The largest absolute Gasteiger partial charge is 0.356 e. The van der Waals surface area contributed by atoms with Gasteiger partial charge in [0.15, 0.2) is 0 Å². The molecule has 1 fully saturated rings. The fourth-order valence-corrected chi connectivity index (χ4v) is 3.66. The summed E-state index contributed by atoms with van der Waals surface area (Å²) in [5.41, 5.74) is 0.979. The van der Waals surface area contributed by atoms with Gasteiger partial charge in [-0.15, -0.1) is 0 Å². The summed E-state index contributed by atoms with van der Waals surface area (Å²) in [5.74, 6) is 0.341. The highest BCUT2D eigenvalue weighted by molar-refractivity contribution is 6.21. The van der Waals surface area contributed by atoms with Crippen molar-refractivity contribution in [1.29, 1.82) is 0 Å². The standard InChI is InChI=1S/C20H27N3O3/c24-18(8-7-15-9-12-21-13-10-15)22-11-3-4-14-23-19(25)16-5-1-2-6-17(16)20(23)26/h1-2,5-6,15,21H,3-4,7-14H2,(H,22,24). The van der Waals surface area contributed by atoms with Crippen LogP contribution >= 0.6 is 0 Å². The van der Waals surface area contributed by atoms with Gasteiger partial charge in [0.1, 0.15) is 0 Å². The first kappa shape index (κ1) is 18.6. The van der Waals surface area contributed by atoms with Crippen LogP contribution in [0.25, 0.3) is 0 Å². The van der Waals surface area contributed by atoms with Gasteiger partial charge in [-0.2, -0.15) is 0 Å². The van der Waals surface area contributed by atoms with Crippen molar-refractivity contribution in [3.63, 3.8) is 0 Å². The number of carbonyl (C=O) groups is 3. The Morgan fingerprint density at radius 1 is 1.08 bits per heavy atom. The van der Waals surface area contributed by atoms with Crippen LogP contribution < -0.4 is 10.6 Å². The minimum atomic E-state index is -0.211. The zero-order valence-corrected chi connectivity index (χ0v) is 15.1. The van der Waals surface area contributed by atoms with E-state index in [0.717, 1.165) is 38.8 Å². The first-order valence-electron chi connectivity index (χ1n) is 9.59. The van der Waals surface area contributed by atoms with Crippen molar-refractivity contribution in [2.24, 2.45) is 5.92 Å². The van der Waals surface area contributed by atoms with Crippen molar-refractivity contribution in [2.45, 2.75) is 38.5 Å². The molecule has 0 radical (unpaired) electrons. The van der Waals surface area contributed by atoms with Gasteiger partial charge in [0.05, 0.1) is 11.1 Å². The summed E-state index contributed by atoms with van der Waals surface area (Å²) >= 11 is 0. The van der Waals surface area contributed by atoms with Crippen LogP contribution in [0.15, 0.2) is 24.3 Å². The van der Waals surface area contributed by atoms with Crippen molar-refractivity contribution in [2.75, 3.05) is 26.2 Å². The lowest BCUT2D eigenvalue weighted by atomic mass is 9.93. The normalized spacial score (nSPS) is 17.5. The molecule has 3 amide bonds. The quantitative estimate of drug-likeness (QED) is 0.551. The van der Waals surface area contributed by atoms with Gasteiger partial charge in [0.25, 0.3) is 11.8 Å². The maximum Gasteiger partial charge on any atom is 0.261 e. The number of unbranched alkanes of at least 4 members (excludes halogenated alkanes) is 1. The van der Waals surface area contributed by atoms with Crippen LogP contribution in [-0.4, -0.2) is 48.8 Å². The van der Waals surface area contributed by atoms with E-state index >= 15 is 0 Å². The molecule has 6 heteroatoms. The summed E-state index contributed by atoms with van der Waals surface area (Å²) in [5, 5.41) is 6.28. The van der Waals surface area contributed by atoms with E-state index in [4.69, 9.17) is 0 Å². The van der Waals surface area contributed by atoms with Crippen LogP contribution in [0.5, 0.6) is 0 Å². The van der Waals surface area contributed by atoms with E-state index in [1.165, 1.54) is 4.90 Å².